The lowest BCUT2D eigenvalue weighted by atomic mass is 10.2. The molecule has 0 aliphatic carbocycles. The molecule has 0 bridgehead atoms. The van der Waals surface area contributed by atoms with Crippen molar-refractivity contribution < 1.29 is 9.13 Å². The lowest BCUT2D eigenvalue weighted by molar-refractivity contribution is 0.273. The molecular formula is C11H9ClFNO. The molecule has 0 atom stereocenters. The summed E-state index contributed by atoms with van der Waals surface area (Å²) in [5.41, 5.74) is 0.801. The maximum atomic E-state index is 11.9. The molecule has 15 heavy (non-hydrogen) atoms. The van der Waals surface area contributed by atoms with Gasteiger partial charge >= 0.3 is 0 Å². The minimum Gasteiger partial charge on any atom is -0.491 e. The van der Waals surface area contributed by atoms with Crippen molar-refractivity contribution in [2.75, 3.05) is 13.3 Å². The van der Waals surface area contributed by atoms with Gasteiger partial charge in [0.2, 0.25) is 0 Å². The van der Waals surface area contributed by atoms with Gasteiger partial charge in [0.15, 0.2) is 0 Å². The van der Waals surface area contributed by atoms with Crippen LogP contribution < -0.4 is 4.74 Å². The quantitative estimate of drug-likeness (QED) is 0.749. The third-order valence-electron chi connectivity index (χ3n) is 1.97. The summed E-state index contributed by atoms with van der Waals surface area (Å²) in [5, 5.41) is 1.38. The average molecular weight is 226 g/mol. The Labute approximate surface area is 91.6 Å². The number of fused-ring (bicyclic) bond motifs is 1. The normalized spacial score (nSPS) is 10.5. The zero-order valence-corrected chi connectivity index (χ0v) is 8.67. The number of alkyl halides is 1. The predicted molar refractivity (Wildman–Crippen MR) is 58.2 cm³/mol. The standard InChI is InChI=1S/C11H9ClFNO/c12-11-4-1-8-7-9(15-6-5-13)2-3-10(8)14-11/h1-4,7H,5-6H2. The number of pyridine rings is 1. The lowest BCUT2D eigenvalue weighted by Gasteiger charge is -2.04. The topological polar surface area (TPSA) is 22.1 Å². The number of ether oxygens (including phenoxy) is 1. The van der Waals surface area contributed by atoms with Gasteiger partial charge < -0.3 is 4.74 Å². The first-order chi connectivity index (χ1) is 7.29. The Morgan fingerprint density at radius 2 is 2.13 bits per heavy atom. The first-order valence-electron chi connectivity index (χ1n) is 4.54. The van der Waals surface area contributed by atoms with Gasteiger partial charge in [-0.1, -0.05) is 11.6 Å². The minimum atomic E-state index is -0.489. The van der Waals surface area contributed by atoms with Crippen LogP contribution in [0.1, 0.15) is 0 Å². The highest BCUT2D eigenvalue weighted by atomic mass is 35.5. The second kappa shape index (κ2) is 4.45. The maximum absolute atomic E-state index is 11.9. The molecule has 0 saturated carbocycles. The molecule has 0 radical (unpaired) electrons. The molecule has 2 nitrogen and oxygen atoms in total. The number of hydrogen-bond donors (Lipinski definition) is 0. The number of halogens is 2. The zero-order valence-electron chi connectivity index (χ0n) is 7.91. The molecule has 1 aromatic carbocycles. The van der Waals surface area contributed by atoms with Crippen molar-refractivity contribution >= 4 is 22.5 Å². The van der Waals surface area contributed by atoms with E-state index in [1.54, 1.807) is 18.2 Å². The van der Waals surface area contributed by atoms with Crippen molar-refractivity contribution in [2.24, 2.45) is 0 Å². The van der Waals surface area contributed by atoms with Crippen molar-refractivity contribution in [3.63, 3.8) is 0 Å². The summed E-state index contributed by atoms with van der Waals surface area (Å²) in [6, 6.07) is 8.93. The fourth-order valence-electron chi connectivity index (χ4n) is 1.33. The van der Waals surface area contributed by atoms with E-state index in [0.29, 0.717) is 10.9 Å². The van der Waals surface area contributed by atoms with Gasteiger partial charge in [0.05, 0.1) is 5.52 Å². The van der Waals surface area contributed by atoms with Crippen LogP contribution in [0.2, 0.25) is 5.15 Å². The van der Waals surface area contributed by atoms with E-state index in [1.165, 1.54) is 0 Å². The predicted octanol–water partition coefficient (Wildman–Crippen LogP) is 3.24. The van der Waals surface area contributed by atoms with E-state index in [4.69, 9.17) is 16.3 Å². The molecule has 0 amide bonds. The maximum Gasteiger partial charge on any atom is 0.129 e. The molecule has 0 unspecified atom stereocenters. The molecule has 4 heteroatoms. The smallest absolute Gasteiger partial charge is 0.129 e. The van der Waals surface area contributed by atoms with Crippen LogP contribution in [0.4, 0.5) is 4.39 Å². The fraction of sp³-hybridized carbons (Fsp3) is 0.182. The summed E-state index contributed by atoms with van der Waals surface area (Å²) in [4.78, 5) is 4.13. The Morgan fingerprint density at radius 1 is 1.27 bits per heavy atom. The van der Waals surface area contributed by atoms with Gasteiger partial charge in [-0.05, 0) is 30.3 Å². The van der Waals surface area contributed by atoms with Gasteiger partial charge in [-0.2, -0.15) is 0 Å². The summed E-state index contributed by atoms with van der Waals surface area (Å²) >= 11 is 5.75. The van der Waals surface area contributed by atoms with E-state index in [0.717, 1.165) is 10.9 Å². The van der Waals surface area contributed by atoms with Crippen LogP contribution in [0.3, 0.4) is 0 Å². The summed E-state index contributed by atoms with van der Waals surface area (Å²) in [5.74, 6) is 0.643. The lowest BCUT2D eigenvalue weighted by Crippen LogP contribution is -1.98. The van der Waals surface area contributed by atoms with Crippen LogP contribution >= 0.6 is 11.6 Å². The third-order valence-corrected chi connectivity index (χ3v) is 2.18. The largest absolute Gasteiger partial charge is 0.491 e. The molecule has 0 spiro atoms. The van der Waals surface area contributed by atoms with Crippen molar-refractivity contribution in [2.45, 2.75) is 0 Å². The van der Waals surface area contributed by atoms with Gasteiger partial charge in [-0.3, -0.25) is 0 Å². The molecule has 2 rings (SSSR count). The number of aromatic nitrogens is 1. The molecule has 0 N–H and O–H groups in total. The Hall–Kier alpha value is -1.35. The van der Waals surface area contributed by atoms with E-state index >= 15 is 0 Å². The van der Waals surface area contributed by atoms with E-state index in [2.05, 4.69) is 4.98 Å². The number of benzene rings is 1. The molecule has 1 heterocycles. The average Bonchev–Trinajstić information content (AvgIpc) is 2.26. The van der Waals surface area contributed by atoms with E-state index in [-0.39, 0.29) is 6.61 Å². The van der Waals surface area contributed by atoms with Crippen LogP contribution in [0.15, 0.2) is 30.3 Å². The van der Waals surface area contributed by atoms with E-state index in [9.17, 15) is 4.39 Å². The summed E-state index contributed by atoms with van der Waals surface area (Å²) < 4.78 is 17.0. The Kier molecular flexibility index (Phi) is 3.02. The van der Waals surface area contributed by atoms with Gasteiger partial charge in [-0.15, -0.1) is 0 Å². The zero-order chi connectivity index (χ0) is 10.7. The van der Waals surface area contributed by atoms with Gasteiger partial charge in [0, 0.05) is 5.39 Å². The molecule has 2 aromatic rings. The Morgan fingerprint density at radius 3 is 2.93 bits per heavy atom. The number of hydrogen-bond acceptors (Lipinski definition) is 2. The molecule has 78 valence electrons. The van der Waals surface area contributed by atoms with Crippen molar-refractivity contribution in [1.29, 1.82) is 0 Å². The number of nitrogens with zero attached hydrogens (tertiary/aromatic N) is 1. The minimum absolute atomic E-state index is 0.0759. The van der Waals surface area contributed by atoms with Crippen molar-refractivity contribution in [3.05, 3.63) is 35.5 Å². The van der Waals surface area contributed by atoms with E-state index < -0.39 is 6.67 Å². The highest BCUT2D eigenvalue weighted by molar-refractivity contribution is 6.29. The first kappa shape index (κ1) is 10.2. The monoisotopic (exact) mass is 225 g/mol. The van der Waals surface area contributed by atoms with Crippen LogP contribution in [0, 0.1) is 0 Å². The molecule has 0 aliphatic heterocycles. The van der Waals surface area contributed by atoms with Crippen LogP contribution in [-0.4, -0.2) is 18.3 Å². The van der Waals surface area contributed by atoms with Crippen molar-refractivity contribution in [3.8, 4) is 5.75 Å². The second-order valence-corrected chi connectivity index (χ2v) is 3.41. The summed E-state index contributed by atoms with van der Waals surface area (Å²) in [6.07, 6.45) is 0. The summed E-state index contributed by atoms with van der Waals surface area (Å²) in [6.45, 7) is -0.413. The Bertz CT molecular complexity index is 475. The van der Waals surface area contributed by atoms with Gasteiger partial charge in [0.1, 0.15) is 24.2 Å². The first-order valence-corrected chi connectivity index (χ1v) is 4.92. The van der Waals surface area contributed by atoms with Crippen LogP contribution in [0.5, 0.6) is 5.75 Å². The molecule has 1 aromatic heterocycles. The molecular weight excluding hydrogens is 217 g/mol. The highest BCUT2D eigenvalue weighted by Crippen LogP contribution is 2.21. The van der Waals surface area contributed by atoms with E-state index in [1.807, 2.05) is 12.1 Å². The highest BCUT2D eigenvalue weighted by Gasteiger charge is 1.99. The number of rotatable bonds is 3. The summed E-state index contributed by atoms with van der Waals surface area (Å²) in [7, 11) is 0. The molecule has 0 fully saturated rings. The van der Waals surface area contributed by atoms with Crippen LogP contribution in [-0.2, 0) is 0 Å². The van der Waals surface area contributed by atoms with Gasteiger partial charge in [0.25, 0.3) is 0 Å². The second-order valence-electron chi connectivity index (χ2n) is 3.03. The van der Waals surface area contributed by atoms with Gasteiger partial charge in [-0.25, -0.2) is 9.37 Å². The third kappa shape index (κ3) is 2.36. The molecule has 0 aliphatic rings. The van der Waals surface area contributed by atoms with Crippen molar-refractivity contribution in [1.82, 2.24) is 4.98 Å². The molecule has 0 saturated heterocycles. The SMILES string of the molecule is FCCOc1ccc2nc(Cl)ccc2c1. The Balaban J connectivity index is 2.34. The van der Waals surface area contributed by atoms with Crippen LogP contribution in [0.25, 0.3) is 10.9 Å². The fourth-order valence-corrected chi connectivity index (χ4v) is 1.48.